The monoisotopic (exact) mass is 355 g/mol. The Morgan fingerprint density at radius 3 is 2.47 bits per heavy atom. The highest BCUT2D eigenvalue weighted by molar-refractivity contribution is 7.11. The molecule has 0 saturated heterocycles. The molecule has 2 aromatic rings. The Labute approximate surface area is 132 Å². The van der Waals surface area contributed by atoms with Crippen molar-refractivity contribution in [2.45, 2.75) is 0 Å². The Morgan fingerprint density at radius 1 is 1.16 bits per heavy atom. The van der Waals surface area contributed by atoms with E-state index in [0.717, 1.165) is 11.5 Å². The second kappa shape index (κ2) is 6.15. The highest BCUT2D eigenvalue weighted by atomic mass is 35.5. The van der Waals surface area contributed by atoms with E-state index in [1.807, 2.05) is 0 Å². The molecule has 0 unspecified atom stereocenters. The SMILES string of the molecule is O=C(Nc1ccc(Cl)cc1Cl)Nc1snc(Cl)c1Cl. The fraction of sp³-hybridized carbons (Fsp3) is 0. The van der Waals surface area contributed by atoms with Crippen molar-refractivity contribution in [3.05, 3.63) is 38.4 Å². The normalized spacial score (nSPS) is 10.3. The van der Waals surface area contributed by atoms with Crippen molar-refractivity contribution >= 4 is 74.7 Å². The van der Waals surface area contributed by atoms with E-state index in [0.29, 0.717) is 20.7 Å². The van der Waals surface area contributed by atoms with Crippen LogP contribution in [0.1, 0.15) is 0 Å². The zero-order chi connectivity index (χ0) is 14.0. The van der Waals surface area contributed by atoms with Crippen LogP contribution in [0.4, 0.5) is 15.5 Å². The molecule has 0 saturated carbocycles. The number of anilines is 2. The molecule has 0 aliphatic rings. The number of urea groups is 1. The molecule has 0 spiro atoms. The molecule has 0 radical (unpaired) electrons. The number of benzene rings is 1. The van der Waals surface area contributed by atoms with Gasteiger partial charge in [0.2, 0.25) is 0 Å². The molecule has 2 N–H and O–H groups in total. The number of halogens is 4. The van der Waals surface area contributed by atoms with Crippen LogP contribution in [0.15, 0.2) is 18.2 Å². The van der Waals surface area contributed by atoms with E-state index in [-0.39, 0.29) is 10.2 Å². The maximum atomic E-state index is 11.7. The maximum absolute atomic E-state index is 11.7. The summed E-state index contributed by atoms with van der Waals surface area (Å²) >= 11 is 24.2. The van der Waals surface area contributed by atoms with E-state index >= 15 is 0 Å². The summed E-state index contributed by atoms with van der Waals surface area (Å²) in [5, 5.41) is 6.59. The van der Waals surface area contributed by atoms with Crippen LogP contribution in [0.3, 0.4) is 0 Å². The summed E-state index contributed by atoms with van der Waals surface area (Å²) in [6.07, 6.45) is 0. The standard InChI is InChI=1S/C10H5Cl4N3OS/c11-4-1-2-6(5(12)3-4)15-10(18)16-9-7(13)8(14)17-19-9/h1-3H,(H2,15,16,18). The third-order valence-corrected chi connectivity index (χ3v) is 4.26. The molecular weight excluding hydrogens is 352 g/mol. The minimum absolute atomic E-state index is 0.145. The third-order valence-electron chi connectivity index (χ3n) is 2.00. The molecule has 9 heteroatoms. The van der Waals surface area contributed by atoms with Crippen molar-refractivity contribution in [3.63, 3.8) is 0 Å². The van der Waals surface area contributed by atoms with Crippen molar-refractivity contribution in [2.75, 3.05) is 10.6 Å². The van der Waals surface area contributed by atoms with E-state index in [4.69, 9.17) is 46.4 Å². The highest BCUT2D eigenvalue weighted by Gasteiger charge is 2.13. The molecule has 0 aliphatic heterocycles. The molecule has 19 heavy (non-hydrogen) atoms. The van der Waals surface area contributed by atoms with Crippen LogP contribution in [0.5, 0.6) is 0 Å². The van der Waals surface area contributed by atoms with Crippen LogP contribution in [-0.4, -0.2) is 10.4 Å². The van der Waals surface area contributed by atoms with Gasteiger partial charge in [-0.2, -0.15) is 4.37 Å². The Hall–Kier alpha value is -0.720. The van der Waals surface area contributed by atoms with E-state index in [1.165, 1.54) is 6.07 Å². The van der Waals surface area contributed by atoms with Crippen LogP contribution in [0.25, 0.3) is 0 Å². The number of nitrogens with one attached hydrogen (secondary N) is 2. The lowest BCUT2D eigenvalue weighted by Gasteiger charge is -2.08. The van der Waals surface area contributed by atoms with Gasteiger partial charge in [0.05, 0.1) is 10.7 Å². The van der Waals surface area contributed by atoms with Gasteiger partial charge in [0.15, 0.2) is 5.15 Å². The summed E-state index contributed by atoms with van der Waals surface area (Å²) < 4.78 is 3.79. The lowest BCUT2D eigenvalue weighted by Crippen LogP contribution is -2.19. The first-order chi connectivity index (χ1) is 8.97. The average molecular weight is 357 g/mol. The summed E-state index contributed by atoms with van der Waals surface area (Å²) in [4.78, 5) is 11.7. The molecule has 4 nitrogen and oxygen atoms in total. The van der Waals surface area contributed by atoms with E-state index < -0.39 is 6.03 Å². The van der Waals surface area contributed by atoms with Gasteiger partial charge in [0, 0.05) is 5.02 Å². The molecule has 0 atom stereocenters. The topological polar surface area (TPSA) is 54.0 Å². The molecular formula is C10H5Cl4N3OS. The first-order valence-corrected chi connectivity index (χ1v) is 7.09. The van der Waals surface area contributed by atoms with Crippen molar-refractivity contribution in [1.82, 2.24) is 4.37 Å². The number of aromatic nitrogens is 1. The zero-order valence-corrected chi connectivity index (χ0v) is 12.8. The van der Waals surface area contributed by atoms with Crippen molar-refractivity contribution in [2.24, 2.45) is 0 Å². The van der Waals surface area contributed by atoms with Crippen LogP contribution in [0.2, 0.25) is 20.2 Å². The van der Waals surface area contributed by atoms with Gasteiger partial charge in [-0.15, -0.1) is 0 Å². The fourth-order valence-corrected chi connectivity index (χ4v) is 2.72. The van der Waals surface area contributed by atoms with Crippen LogP contribution >= 0.6 is 57.9 Å². The quantitative estimate of drug-likeness (QED) is 0.756. The molecule has 1 aromatic carbocycles. The molecule has 2 amide bonds. The molecule has 100 valence electrons. The Kier molecular flexibility index (Phi) is 4.76. The number of carbonyl (C=O) groups excluding carboxylic acids is 1. The highest BCUT2D eigenvalue weighted by Crippen LogP contribution is 2.33. The van der Waals surface area contributed by atoms with E-state index in [1.54, 1.807) is 12.1 Å². The van der Waals surface area contributed by atoms with Crippen molar-refractivity contribution in [1.29, 1.82) is 0 Å². The van der Waals surface area contributed by atoms with Gasteiger partial charge >= 0.3 is 6.03 Å². The summed E-state index contributed by atoms with van der Waals surface area (Å²) in [7, 11) is 0. The number of carbonyl (C=O) groups is 1. The molecule has 2 rings (SSSR count). The second-order valence-corrected chi connectivity index (χ2v) is 5.67. The van der Waals surface area contributed by atoms with Gasteiger partial charge in [-0.05, 0) is 29.7 Å². The predicted molar refractivity (Wildman–Crippen MR) is 81.2 cm³/mol. The molecule has 0 bridgehead atoms. The van der Waals surface area contributed by atoms with Gasteiger partial charge in [-0.3, -0.25) is 5.32 Å². The van der Waals surface area contributed by atoms with Crippen molar-refractivity contribution in [3.8, 4) is 0 Å². The summed E-state index contributed by atoms with van der Waals surface area (Å²) in [6.45, 7) is 0. The van der Waals surface area contributed by atoms with Crippen LogP contribution in [-0.2, 0) is 0 Å². The van der Waals surface area contributed by atoms with Gasteiger partial charge in [0.1, 0.15) is 10.0 Å². The Morgan fingerprint density at radius 2 is 1.89 bits per heavy atom. The lowest BCUT2D eigenvalue weighted by molar-refractivity contribution is 0.262. The van der Waals surface area contributed by atoms with E-state index in [9.17, 15) is 4.79 Å². The minimum atomic E-state index is -0.508. The first-order valence-electron chi connectivity index (χ1n) is 4.81. The Bertz CT molecular complexity index is 631. The minimum Gasteiger partial charge on any atom is -0.306 e. The van der Waals surface area contributed by atoms with Crippen LogP contribution in [0, 0.1) is 0 Å². The van der Waals surface area contributed by atoms with E-state index in [2.05, 4.69) is 15.0 Å². The third kappa shape index (κ3) is 3.64. The fourth-order valence-electron chi connectivity index (χ4n) is 1.18. The second-order valence-electron chi connectivity index (χ2n) is 3.32. The molecule has 1 aromatic heterocycles. The summed E-state index contributed by atoms with van der Waals surface area (Å²) in [5.74, 6) is 0. The van der Waals surface area contributed by atoms with Gasteiger partial charge in [-0.25, -0.2) is 4.79 Å². The smallest absolute Gasteiger partial charge is 0.306 e. The predicted octanol–water partition coefficient (Wildman–Crippen LogP) is 5.40. The number of hydrogen-bond acceptors (Lipinski definition) is 3. The Balaban J connectivity index is 2.07. The van der Waals surface area contributed by atoms with Gasteiger partial charge in [0.25, 0.3) is 0 Å². The zero-order valence-electron chi connectivity index (χ0n) is 9.01. The maximum Gasteiger partial charge on any atom is 0.324 e. The molecule has 0 fully saturated rings. The van der Waals surface area contributed by atoms with Gasteiger partial charge < -0.3 is 5.32 Å². The average Bonchev–Trinajstić information content (AvgIpc) is 2.65. The summed E-state index contributed by atoms with van der Waals surface area (Å²) in [6, 6.07) is 4.21. The molecule has 1 heterocycles. The number of rotatable bonds is 2. The number of hydrogen-bond donors (Lipinski definition) is 2. The van der Waals surface area contributed by atoms with Gasteiger partial charge in [-0.1, -0.05) is 46.4 Å². The molecule has 0 aliphatic carbocycles. The van der Waals surface area contributed by atoms with Crippen LogP contribution < -0.4 is 10.6 Å². The van der Waals surface area contributed by atoms with Crippen molar-refractivity contribution < 1.29 is 4.79 Å². The number of amides is 2. The number of nitrogens with zero attached hydrogens (tertiary/aromatic N) is 1. The largest absolute Gasteiger partial charge is 0.324 e. The first kappa shape index (κ1) is 14.7. The lowest BCUT2D eigenvalue weighted by atomic mass is 10.3. The summed E-state index contributed by atoms with van der Waals surface area (Å²) in [5.41, 5.74) is 0.426.